The number of allylic oxidation sites excluding steroid dienone is 5. The Morgan fingerprint density at radius 3 is 2.37 bits per heavy atom. The van der Waals surface area contributed by atoms with Gasteiger partial charge in [-0.25, -0.2) is 0 Å². The summed E-state index contributed by atoms with van der Waals surface area (Å²) in [7, 11) is 0. The maximum absolute atomic E-state index is 12.5. The van der Waals surface area contributed by atoms with Crippen LogP contribution in [-0.4, -0.2) is 23.6 Å². The van der Waals surface area contributed by atoms with Crippen molar-refractivity contribution in [2.75, 3.05) is 5.73 Å². The lowest BCUT2D eigenvalue weighted by Crippen LogP contribution is -2.28. The quantitative estimate of drug-likeness (QED) is 0.521. The highest BCUT2D eigenvalue weighted by Gasteiger charge is 2.38. The molecule has 3 aliphatic rings. The molecule has 1 aromatic carbocycles. The average Bonchev–Trinajstić information content (AvgIpc) is 3.20. The summed E-state index contributed by atoms with van der Waals surface area (Å²) in [5.74, 6) is -2.69. The fourth-order valence-corrected chi connectivity index (χ4v) is 3.96. The Morgan fingerprint density at radius 2 is 1.73 bits per heavy atom. The SMILES string of the molecule is CC(Cc1cccc(N)c1)=C1C=CC=C(C2=CC(=O)NC2=O)C1C1=CC(=O)NC1=O. The first-order valence-electron chi connectivity index (χ1n) is 9.40. The average molecular weight is 401 g/mol. The Hall–Kier alpha value is -4.00. The van der Waals surface area contributed by atoms with Gasteiger partial charge in [-0.1, -0.05) is 35.9 Å². The standard InChI is InChI=1S/C23H19N3O4/c1-12(8-13-4-2-5-14(24)9-13)15-6-3-7-16(17-10-19(27)25-22(17)29)21(15)18-11-20(28)26-23(18)30/h2-7,9-11,21H,8,24H2,1H3,(H,25,27,29)(H,26,28,30). The summed E-state index contributed by atoms with van der Waals surface area (Å²) in [6.07, 6.45) is 8.38. The number of hydrogen-bond donors (Lipinski definition) is 3. The number of amides is 4. The molecule has 0 bridgehead atoms. The minimum atomic E-state index is -0.648. The molecule has 0 saturated carbocycles. The molecule has 4 N–H and O–H groups in total. The number of anilines is 1. The van der Waals surface area contributed by atoms with Gasteiger partial charge < -0.3 is 5.73 Å². The highest BCUT2D eigenvalue weighted by molar-refractivity contribution is 6.20. The van der Waals surface area contributed by atoms with E-state index in [0.29, 0.717) is 17.7 Å². The zero-order valence-electron chi connectivity index (χ0n) is 16.2. The number of nitrogen functional groups attached to an aromatic ring is 1. The van der Waals surface area contributed by atoms with Gasteiger partial charge in [-0.05, 0) is 42.2 Å². The first-order valence-corrected chi connectivity index (χ1v) is 9.40. The van der Waals surface area contributed by atoms with E-state index in [9.17, 15) is 19.2 Å². The Kier molecular flexibility index (Phi) is 4.79. The number of benzene rings is 1. The van der Waals surface area contributed by atoms with Gasteiger partial charge in [0.05, 0.1) is 0 Å². The monoisotopic (exact) mass is 401 g/mol. The summed E-state index contributed by atoms with van der Waals surface area (Å²) < 4.78 is 0. The molecule has 30 heavy (non-hydrogen) atoms. The van der Waals surface area contributed by atoms with Crippen LogP contribution in [0, 0.1) is 5.92 Å². The lowest BCUT2D eigenvalue weighted by Gasteiger charge is -2.27. The van der Waals surface area contributed by atoms with Gasteiger partial charge in [0.1, 0.15) is 0 Å². The smallest absolute Gasteiger partial charge is 0.258 e. The van der Waals surface area contributed by atoms with E-state index in [0.717, 1.165) is 16.7 Å². The molecule has 0 spiro atoms. The molecule has 4 rings (SSSR count). The van der Waals surface area contributed by atoms with E-state index >= 15 is 0 Å². The summed E-state index contributed by atoms with van der Waals surface area (Å²) in [5, 5.41) is 4.50. The lowest BCUT2D eigenvalue weighted by molar-refractivity contribution is -0.125. The molecule has 1 aromatic rings. The number of carbonyl (C=O) groups is 4. The van der Waals surface area contributed by atoms with Crippen molar-refractivity contribution in [2.45, 2.75) is 13.3 Å². The summed E-state index contributed by atoms with van der Waals surface area (Å²) in [6.45, 7) is 1.93. The van der Waals surface area contributed by atoms with Crippen molar-refractivity contribution in [3.05, 3.63) is 88.1 Å². The van der Waals surface area contributed by atoms with Crippen LogP contribution in [0.1, 0.15) is 12.5 Å². The Balaban J connectivity index is 1.81. The van der Waals surface area contributed by atoms with Crippen molar-refractivity contribution in [1.82, 2.24) is 10.6 Å². The number of nitrogens with two attached hydrogens (primary N) is 1. The molecule has 0 fully saturated rings. The summed E-state index contributed by atoms with van der Waals surface area (Å²) in [6, 6.07) is 7.50. The van der Waals surface area contributed by atoms with Crippen molar-refractivity contribution in [3.63, 3.8) is 0 Å². The maximum atomic E-state index is 12.5. The molecule has 0 radical (unpaired) electrons. The highest BCUT2D eigenvalue weighted by atomic mass is 16.2. The topological polar surface area (TPSA) is 118 Å². The molecule has 1 unspecified atom stereocenters. The van der Waals surface area contributed by atoms with Crippen molar-refractivity contribution in [2.24, 2.45) is 5.92 Å². The summed E-state index contributed by atoms with van der Waals surface area (Å²) in [4.78, 5) is 48.3. The summed E-state index contributed by atoms with van der Waals surface area (Å²) >= 11 is 0. The number of rotatable bonds is 4. The fraction of sp³-hybridized carbons (Fsp3) is 0.130. The Morgan fingerprint density at radius 1 is 1.00 bits per heavy atom. The van der Waals surface area contributed by atoms with Crippen LogP contribution >= 0.6 is 0 Å². The predicted octanol–water partition coefficient (Wildman–Crippen LogP) is 1.41. The first-order chi connectivity index (χ1) is 14.3. The number of imide groups is 2. The third kappa shape index (κ3) is 3.53. The molecule has 4 amide bonds. The fourth-order valence-electron chi connectivity index (χ4n) is 3.96. The maximum Gasteiger partial charge on any atom is 0.258 e. The van der Waals surface area contributed by atoms with Gasteiger partial charge in [-0.15, -0.1) is 0 Å². The van der Waals surface area contributed by atoms with E-state index in [1.165, 1.54) is 12.2 Å². The van der Waals surface area contributed by atoms with Crippen molar-refractivity contribution in [1.29, 1.82) is 0 Å². The number of hydrogen-bond acceptors (Lipinski definition) is 5. The van der Waals surface area contributed by atoms with Gasteiger partial charge in [0, 0.05) is 34.9 Å². The van der Waals surface area contributed by atoms with Gasteiger partial charge in [0.15, 0.2) is 0 Å². The van der Waals surface area contributed by atoms with Crippen LogP contribution in [0.2, 0.25) is 0 Å². The van der Waals surface area contributed by atoms with Crippen LogP contribution in [0.4, 0.5) is 5.69 Å². The van der Waals surface area contributed by atoms with E-state index in [2.05, 4.69) is 10.6 Å². The molecule has 7 heteroatoms. The van der Waals surface area contributed by atoms with Crippen molar-refractivity contribution in [3.8, 4) is 0 Å². The largest absolute Gasteiger partial charge is 0.399 e. The number of carbonyl (C=O) groups excluding carboxylic acids is 4. The second kappa shape index (κ2) is 7.44. The third-order valence-electron chi connectivity index (χ3n) is 5.25. The van der Waals surface area contributed by atoms with Gasteiger partial charge >= 0.3 is 0 Å². The molecule has 0 saturated heterocycles. The van der Waals surface area contributed by atoms with Crippen LogP contribution in [0.3, 0.4) is 0 Å². The second-order valence-corrected chi connectivity index (χ2v) is 7.37. The molecule has 0 aromatic heterocycles. The molecule has 2 heterocycles. The van der Waals surface area contributed by atoms with E-state index in [4.69, 9.17) is 5.73 Å². The van der Waals surface area contributed by atoms with Crippen LogP contribution in [0.5, 0.6) is 0 Å². The molecular formula is C23H19N3O4. The van der Waals surface area contributed by atoms with E-state index in [1.807, 2.05) is 31.2 Å². The van der Waals surface area contributed by atoms with Crippen molar-refractivity contribution < 1.29 is 19.2 Å². The highest BCUT2D eigenvalue weighted by Crippen LogP contribution is 2.40. The molecule has 1 atom stereocenters. The van der Waals surface area contributed by atoms with Crippen LogP contribution in [0.25, 0.3) is 0 Å². The molecule has 1 aliphatic carbocycles. The lowest BCUT2D eigenvalue weighted by atomic mass is 9.75. The predicted molar refractivity (Wildman–Crippen MR) is 110 cm³/mol. The summed E-state index contributed by atoms with van der Waals surface area (Å²) in [5.41, 5.74) is 10.2. The Labute approximate surface area is 172 Å². The molecule has 150 valence electrons. The van der Waals surface area contributed by atoms with Crippen LogP contribution in [-0.2, 0) is 25.6 Å². The zero-order valence-corrected chi connectivity index (χ0v) is 16.2. The molecule has 2 aliphatic heterocycles. The first kappa shape index (κ1) is 19.3. The minimum absolute atomic E-state index is 0.191. The van der Waals surface area contributed by atoms with E-state index < -0.39 is 29.5 Å². The van der Waals surface area contributed by atoms with Gasteiger partial charge in [-0.2, -0.15) is 0 Å². The number of nitrogens with one attached hydrogen (secondary N) is 2. The zero-order chi connectivity index (χ0) is 21.4. The third-order valence-corrected chi connectivity index (χ3v) is 5.25. The van der Waals surface area contributed by atoms with Crippen molar-refractivity contribution >= 4 is 29.3 Å². The van der Waals surface area contributed by atoms with Gasteiger partial charge in [0.2, 0.25) is 0 Å². The van der Waals surface area contributed by atoms with E-state index in [-0.39, 0.29) is 11.1 Å². The molecule has 7 nitrogen and oxygen atoms in total. The normalized spacial score (nSPS) is 22.4. The minimum Gasteiger partial charge on any atom is -0.399 e. The van der Waals surface area contributed by atoms with Crippen LogP contribution < -0.4 is 16.4 Å². The molecular weight excluding hydrogens is 382 g/mol. The van der Waals surface area contributed by atoms with E-state index in [1.54, 1.807) is 18.2 Å². The van der Waals surface area contributed by atoms with Gasteiger partial charge in [0.25, 0.3) is 23.6 Å². The van der Waals surface area contributed by atoms with Crippen LogP contribution in [0.15, 0.2) is 82.5 Å². The van der Waals surface area contributed by atoms with Gasteiger partial charge in [-0.3, -0.25) is 29.8 Å². The second-order valence-electron chi connectivity index (χ2n) is 7.37. The Bertz CT molecular complexity index is 1160.